The van der Waals surface area contributed by atoms with E-state index in [1.165, 1.54) is 54.4 Å². The first-order valence-corrected chi connectivity index (χ1v) is 7.89. The van der Waals surface area contributed by atoms with E-state index in [1.54, 1.807) is 0 Å². The van der Waals surface area contributed by atoms with Gasteiger partial charge >= 0.3 is 0 Å². The van der Waals surface area contributed by atoms with Crippen molar-refractivity contribution in [1.82, 2.24) is 4.90 Å². The first kappa shape index (κ1) is 15.5. The molecule has 2 nitrogen and oxygen atoms in total. The minimum absolute atomic E-state index is 0.108. The van der Waals surface area contributed by atoms with Crippen LogP contribution in [0.5, 0.6) is 0 Å². The van der Waals surface area contributed by atoms with Gasteiger partial charge in [-0.3, -0.25) is 0 Å². The van der Waals surface area contributed by atoms with Crippen molar-refractivity contribution in [2.75, 3.05) is 14.1 Å². The molecular weight excluding hydrogens is 244 g/mol. The molecule has 0 aliphatic heterocycles. The van der Waals surface area contributed by atoms with Crippen LogP contribution in [0.25, 0.3) is 0 Å². The summed E-state index contributed by atoms with van der Waals surface area (Å²) in [7, 11) is 4.39. The molecule has 2 rings (SSSR count). The highest BCUT2D eigenvalue weighted by Crippen LogP contribution is 2.41. The van der Waals surface area contributed by atoms with Crippen molar-refractivity contribution in [3.63, 3.8) is 0 Å². The Kier molecular flexibility index (Phi) is 4.55. The minimum Gasteiger partial charge on any atom is -0.322 e. The molecule has 20 heavy (non-hydrogen) atoms. The highest BCUT2D eigenvalue weighted by atomic mass is 15.2. The van der Waals surface area contributed by atoms with Crippen molar-refractivity contribution in [2.24, 2.45) is 5.73 Å². The zero-order valence-electron chi connectivity index (χ0n) is 13.8. The summed E-state index contributed by atoms with van der Waals surface area (Å²) < 4.78 is 0. The standard InChI is InChI=1S/C18H30N2/c1-13-11-15(3)16(12-14(13)2)17(19)18(20(4)5)9-7-6-8-10-18/h11-12,17H,6-10,19H2,1-5H3. The predicted octanol–water partition coefficient (Wildman–Crippen LogP) is 3.88. The number of rotatable bonds is 3. The van der Waals surface area contributed by atoms with Gasteiger partial charge in [-0.1, -0.05) is 31.4 Å². The zero-order chi connectivity index (χ0) is 14.9. The molecule has 0 spiro atoms. The van der Waals surface area contributed by atoms with E-state index in [-0.39, 0.29) is 11.6 Å². The second-order valence-corrected chi connectivity index (χ2v) is 6.83. The van der Waals surface area contributed by atoms with Crippen molar-refractivity contribution in [1.29, 1.82) is 0 Å². The summed E-state index contributed by atoms with van der Waals surface area (Å²) in [6.45, 7) is 6.57. The first-order chi connectivity index (χ1) is 9.38. The average Bonchev–Trinajstić information content (AvgIpc) is 2.42. The fourth-order valence-electron chi connectivity index (χ4n) is 3.81. The number of nitrogens with zero attached hydrogens (tertiary/aromatic N) is 1. The lowest BCUT2D eigenvalue weighted by Crippen LogP contribution is -2.53. The smallest absolute Gasteiger partial charge is 0.0484 e. The molecule has 1 atom stereocenters. The van der Waals surface area contributed by atoms with E-state index >= 15 is 0 Å². The van der Waals surface area contributed by atoms with Crippen molar-refractivity contribution >= 4 is 0 Å². The van der Waals surface area contributed by atoms with Gasteiger partial charge in [-0.05, 0) is 70.0 Å². The van der Waals surface area contributed by atoms with E-state index in [0.29, 0.717) is 0 Å². The number of hydrogen-bond donors (Lipinski definition) is 1. The Hall–Kier alpha value is -0.860. The minimum atomic E-state index is 0.108. The molecule has 1 aliphatic rings. The van der Waals surface area contributed by atoms with E-state index in [1.807, 2.05) is 0 Å². The molecule has 0 bridgehead atoms. The summed E-state index contributed by atoms with van der Waals surface area (Å²) in [4.78, 5) is 2.38. The normalized spacial score (nSPS) is 20.1. The van der Waals surface area contributed by atoms with Crippen LogP contribution in [0.15, 0.2) is 12.1 Å². The molecule has 1 aromatic carbocycles. The maximum atomic E-state index is 6.78. The van der Waals surface area contributed by atoms with E-state index in [0.717, 1.165) is 0 Å². The van der Waals surface area contributed by atoms with E-state index in [9.17, 15) is 0 Å². The van der Waals surface area contributed by atoms with E-state index in [2.05, 4.69) is 51.9 Å². The van der Waals surface area contributed by atoms with Gasteiger partial charge in [0, 0.05) is 11.6 Å². The summed E-state index contributed by atoms with van der Waals surface area (Å²) in [6, 6.07) is 4.71. The highest BCUT2D eigenvalue weighted by Gasteiger charge is 2.41. The van der Waals surface area contributed by atoms with Crippen LogP contribution >= 0.6 is 0 Å². The summed E-state index contributed by atoms with van der Waals surface area (Å²) in [6.07, 6.45) is 6.39. The largest absolute Gasteiger partial charge is 0.322 e. The molecule has 1 aliphatic carbocycles. The average molecular weight is 274 g/mol. The van der Waals surface area contributed by atoms with Gasteiger partial charge in [-0.15, -0.1) is 0 Å². The molecule has 0 radical (unpaired) electrons. The SMILES string of the molecule is Cc1cc(C)c(C(N)C2(N(C)C)CCCCC2)cc1C. The Labute approximate surface area is 124 Å². The van der Waals surface area contributed by atoms with Crippen LogP contribution in [0, 0.1) is 20.8 Å². The summed E-state index contributed by atoms with van der Waals surface area (Å²) >= 11 is 0. The molecule has 2 N–H and O–H groups in total. The van der Waals surface area contributed by atoms with Crippen LogP contribution in [-0.4, -0.2) is 24.5 Å². The lowest BCUT2D eigenvalue weighted by molar-refractivity contribution is 0.0711. The lowest BCUT2D eigenvalue weighted by atomic mass is 9.72. The first-order valence-electron chi connectivity index (χ1n) is 7.89. The fraction of sp³-hybridized carbons (Fsp3) is 0.667. The number of aryl methyl sites for hydroxylation is 3. The van der Waals surface area contributed by atoms with Crippen LogP contribution in [-0.2, 0) is 0 Å². The van der Waals surface area contributed by atoms with Gasteiger partial charge in [-0.2, -0.15) is 0 Å². The van der Waals surface area contributed by atoms with Gasteiger partial charge in [0.1, 0.15) is 0 Å². The Morgan fingerprint density at radius 3 is 2.05 bits per heavy atom. The fourth-order valence-corrected chi connectivity index (χ4v) is 3.81. The van der Waals surface area contributed by atoms with Gasteiger partial charge in [0.15, 0.2) is 0 Å². The van der Waals surface area contributed by atoms with Gasteiger partial charge < -0.3 is 10.6 Å². The predicted molar refractivity (Wildman–Crippen MR) is 87.1 cm³/mol. The van der Waals surface area contributed by atoms with E-state index < -0.39 is 0 Å². The van der Waals surface area contributed by atoms with Crippen LogP contribution in [0.1, 0.15) is 60.4 Å². The monoisotopic (exact) mass is 274 g/mol. The second kappa shape index (κ2) is 5.87. The molecule has 2 heteroatoms. The number of likely N-dealkylation sites (N-methyl/N-ethyl adjacent to an activating group) is 1. The maximum absolute atomic E-state index is 6.78. The number of nitrogens with two attached hydrogens (primary N) is 1. The van der Waals surface area contributed by atoms with Crippen LogP contribution in [0.2, 0.25) is 0 Å². The van der Waals surface area contributed by atoms with Crippen LogP contribution in [0.3, 0.4) is 0 Å². The molecule has 0 aromatic heterocycles. The van der Waals surface area contributed by atoms with Crippen LogP contribution in [0.4, 0.5) is 0 Å². The Morgan fingerprint density at radius 1 is 0.950 bits per heavy atom. The van der Waals surface area contributed by atoms with Crippen molar-refractivity contribution in [2.45, 2.75) is 64.5 Å². The molecule has 1 saturated carbocycles. The molecule has 1 aromatic rings. The Morgan fingerprint density at radius 2 is 1.50 bits per heavy atom. The topological polar surface area (TPSA) is 29.3 Å². The van der Waals surface area contributed by atoms with Gasteiger partial charge in [0.2, 0.25) is 0 Å². The van der Waals surface area contributed by atoms with Crippen molar-refractivity contribution in [3.05, 3.63) is 34.4 Å². The third-order valence-corrected chi connectivity index (χ3v) is 5.41. The molecule has 0 amide bonds. The third-order valence-electron chi connectivity index (χ3n) is 5.41. The van der Waals surface area contributed by atoms with Gasteiger partial charge in [0.25, 0.3) is 0 Å². The maximum Gasteiger partial charge on any atom is 0.0484 e. The molecule has 112 valence electrons. The quantitative estimate of drug-likeness (QED) is 0.906. The van der Waals surface area contributed by atoms with Crippen LogP contribution < -0.4 is 5.73 Å². The summed E-state index contributed by atoms with van der Waals surface area (Å²) in [5.74, 6) is 0. The molecular formula is C18H30N2. The Bertz CT molecular complexity index is 471. The molecule has 0 heterocycles. The Balaban J connectivity index is 2.42. The lowest BCUT2D eigenvalue weighted by Gasteiger charge is -2.47. The van der Waals surface area contributed by atoms with Gasteiger partial charge in [0.05, 0.1) is 0 Å². The third kappa shape index (κ3) is 2.64. The number of hydrogen-bond acceptors (Lipinski definition) is 2. The molecule has 1 unspecified atom stereocenters. The summed E-state index contributed by atoms with van der Waals surface area (Å²) in [5, 5.41) is 0. The van der Waals surface area contributed by atoms with Gasteiger partial charge in [-0.25, -0.2) is 0 Å². The van der Waals surface area contributed by atoms with Crippen molar-refractivity contribution in [3.8, 4) is 0 Å². The second-order valence-electron chi connectivity index (χ2n) is 6.83. The molecule has 0 saturated heterocycles. The van der Waals surface area contributed by atoms with E-state index in [4.69, 9.17) is 5.73 Å². The summed E-state index contributed by atoms with van der Waals surface area (Å²) in [5.41, 5.74) is 12.3. The number of benzene rings is 1. The van der Waals surface area contributed by atoms with Crippen molar-refractivity contribution < 1.29 is 0 Å². The highest BCUT2D eigenvalue weighted by molar-refractivity contribution is 5.39. The zero-order valence-corrected chi connectivity index (χ0v) is 13.8. The molecule has 1 fully saturated rings.